The fourth-order valence-corrected chi connectivity index (χ4v) is 6.74. The molecule has 2 heterocycles. The van der Waals surface area contributed by atoms with Crippen molar-refractivity contribution in [3.05, 3.63) is 45.2 Å². The minimum Gasteiger partial charge on any atom is -0.457 e. The minimum absolute atomic E-state index is 0.00725. The van der Waals surface area contributed by atoms with Crippen LogP contribution in [0.2, 0.25) is 10.0 Å². The van der Waals surface area contributed by atoms with Crippen LogP contribution in [0.3, 0.4) is 0 Å². The predicted molar refractivity (Wildman–Crippen MR) is 153 cm³/mol. The molecule has 1 N–H and O–H groups in total. The second-order valence-corrected chi connectivity index (χ2v) is 12.2. The van der Waals surface area contributed by atoms with E-state index in [1.807, 2.05) is 18.2 Å². The average molecular weight is 560 g/mol. The van der Waals surface area contributed by atoms with Gasteiger partial charge in [0.25, 0.3) is 0 Å². The fourth-order valence-electron chi connectivity index (χ4n) is 6.18. The summed E-state index contributed by atoms with van der Waals surface area (Å²) in [5.74, 6) is 0.322. The third-order valence-electron chi connectivity index (χ3n) is 8.68. The molecule has 1 aliphatic heterocycles. The lowest BCUT2D eigenvalue weighted by Crippen LogP contribution is -2.55. The van der Waals surface area contributed by atoms with Gasteiger partial charge in [0.1, 0.15) is 11.8 Å². The number of para-hydroxylation sites is 1. The Bertz CT molecular complexity index is 1150. The zero-order valence-electron chi connectivity index (χ0n) is 22.6. The van der Waals surface area contributed by atoms with Crippen molar-refractivity contribution in [3.8, 4) is 5.69 Å². The molecule has 2 unspecified atom stereocenters. The van der Waals surface area contributed by atoms with E-state index < -0.39 is 0 Å². The molecule has 0 bridgehead atoms. The molecule has 8 heteroatoms. The first kappa shape index (κ1) is 27.7. The summed E-state index contributed by atoms with van der Waals surface area (Å²) < 4.78 is 8.20. The van der Waals surface area contributed by atoms with Gasteiger partial charge >= 0.3 is 5.97 Å². The van der Waals surface area contributed by atoms with Gasteiger partial charge in [-0.05, 0) is 81.8 Å². The van der Waals surface area contributed by atoms with Gasteiger partial charge in [-0.15, -0.1) is 5.10 Å². The van der Waals surface area contributed by atoms with E-state index in [9.17, 15) is 4.79 Å². The average Bonchev–Trinajstić information content (AvgIpc) is 3.68. The number of piperidine rings is 1. The van der Waals surface area contributed by atoms with Crippen LogP contribution in [-0.4, -0.2) is 40.2 Å². The molecule has 3 fully saturated rings. The molecule has 1 spiro atoms. The quantitative estimate of drug-likeness (QED) is 0.228. The molecule has 2 aromatic rings. The molecule has 2 atom stereocenters. The first-order valence-corrected chi connectivity index (χ1v) is 15.2. The van der Waals surface area contributed by atoms with Gasteiger partial charge in [-0.2, -0.15) is 0 Å². The second-order valence-electron chi connectivity index (χ2n) is 11.4. The predicted octanol–water partition coefficient (Wildman–Crippen LogP) is 7.52. The number of hydrogen-bond acceptors (Lipinski definition) is 5. The van der Waals surface area contributed by atoms with Crippen LogP contribution >= 0.6 is 23.2 Å². The third-order valence-corrected chi connectivity index (χ3v) is 9.29. The molecule has 2 saturated carbocycles. The molecular formula is C30H40Cl2N4O2. The molecule has 1 saturated heterocycles. The normalized spacial score (nSPS) is 22.4. The Morgan fingerprint density at radius 3 is 2.58 bits per heavy atom. The van der Waals surface area contributed by atoms with Crippen LogP contribution in [0.25, 0.3) is 11.8 Å². The summed E-state index contributed by atoms with van der Waals surface area (Å²) in [6, 6.07) is 5.47. The maximum absolute atomic E-state index is 13.4. The smallest absolute Gasteiger partial charge is 0.309 e. The maximum Gasteiger partial charge on any atom is 0.309 e. The van der Waals surface area contributed by atoms with E-state index in [0.29, 0.717) is 21.7 Å². The Labute approximate surface area is 236 Å². The van der Waals surface area contributed by atoms with Crippen molar-refractivity contribution in [2.75, 3.05) is 13.1 Å². The number of nitrogens with one attached hydrogen (secondary N) is 1. The molecule has 1 aromatic carbocycles. The number of nitrogens with zero attached hydrogens (tertiary/aromatic N) is 3. The number of hydrogen-bond donors (Lipinski definition) is 1. The van der Waals surface area contributed by atoms with E-state index in [1.54, 1.807) is 4.68 Å². The number of benzene rings is 1. The lowest BCUT2D eigenvalue weighted by molar-refractivity contribution is -0.166. The number of carbonyl (C=O) groups excluding carboxylic acids is 1. The standard InChI is InChI=1S/C30H40Cl2N4O2/c1-3-5-6-7-9-20(4-2)29(37)38-28-22(19-30(28)14-16-33-17-15-30)18-25-26(21-12-13-21)34-35-36(25)27-23(31)10-8-11-24(27)32/h8,10-11,18,20-21,28,33H,3-7,9,12-17,19H2,1-2H3. The second kappa shape index (κ2) is 12.1. The summed E-state index contributed by atoms with van der Waals surface area (Å²) in [5, 5.41) is 13.6. The minimum atomic E-state index is -0.209. The SMILES string of the molecule is CCCCCCC(CC)C(=O)OC1C(=Cc2c(C3CC3)nnn2-c2c(Cl)cccc2Cl)CC12CCNCC2. The van der Waals surface area contributed by atoms with Crippen molar-refractivity contribution in [3.63, 3.8) is 0 Å². The van der Waals surface area contributed by atoms with Crippen molar-refractivity contribution in [1.82, 2.24) is 20.3 Å². The number of rotatable bonds is 11. The number of halogens is 2. The van der Waals surface area contributed by atoms with Crippen LogP contribution in [0.5, 0.6) is 0 Å². The van der Waals surface area contributed by atoms with Crippen LogP contribution in [0, 0.1) is 11.3 Å². The fraction of sp³-hybridized carbons (Fsp3) is 0.633. The number of carbonyl (C=O) groups is 1. The first-order chi connectivity index (χ1) is 18.5. The van der Waals surface area contributed by atoms with E-state index in [1.165, 1.54) is 19.3 Å². The molecule has 38 heavy (non-hydrogen) atoms. The number of ether oxygens (including phenoxy) is 1. The van der Waals surface area contributed by atoms with Gasteiger partial charge in [0.15, 0.2) is 0 Å². The number of esters is 1. The van der Waals surface area contributed by atoms with E-state index in [2.05, 4.69) is 35.6 Å². The van der Waals surface area contributed by atoms with Gasteiger partial charge in [-0.25, -0.2) is 4.68 Å². The molecule has 6 nitrogen and oxygen atoms in total. The highest BCUT2D eigenvalue weighted by Gasteiger charge is 2.53. The van der Waals surface area contributed by atoms with Crippen LogP contribution in [0.1, 0.15) is 102 Å². The van der Waals surface area contributed by atoms with Gasteiger partial charge < -0.3 is 10.1 Å². The van der Waals surface area contributed by atoms with E-state index >= 15 is 0 Å². The highest BCUT2D eigenvalue weighted by atomic mass is 35.5. The van der Waals surface area contributed by atoms with Gasteiger partial charge in [0.05, 0.1) is 27.4 Å². The van der Waals surface area contributed by atoms with Crippen LogP contribution in [0.15, 0.2) is 23.8 Å². The molecule has 1 aromatic heterocycles. The largest absolute Gasteiger partial charge is 0.457 e. The molecule has 206 valence electrons. The summed E-state index contributed by atoms with van der Waals surface area (Å²) in [5.41, 5.74) is 3.69. The van der Waals surface area contributed by atoms with E-state index in [4.69, 9.17) is 27.9 Å². The van der Waals surface area contributed by atoms with Gasteiger partial charge in [-0.3, -0.25) is 4.79 Å². The summed E-state index contributed by atoms with van der Waals surface area (Å²) in [4.78, 5) is 13.4. The van der Waals surface area contributed by atoms with Crippen molar-refractivity contribution in [2.24, 2.45) is 11.3 Å². The first-order valence-electron chi connectivity index (χ1n) is 14.5. The number of aromatic nitrogens is 3. The highest BCUT2D eigenvalue weighted by Crippen LogP contribution is 2.54. The molecular weight excluding hydrogens is 519 g/mol. The Morgan fingerprint density at radius 1 is 1.18 bits per heavy atom. The van der Waals surface area contributed by atoms with Crippen LogP contribution in [0.4, 0.5) is 0 Å². The zero-order chi connectivity index (χ0) is 26.7. The Hall–Kier alpha value is -1.89. The van der Waals surface area contributed by atoms with Gasteiger partial charge in [0.2, 0.25) is 0 Å². The molecule has 5 rings (SSSR count). The van der Waals surface area contributed by atoms with Gasteiger partial charge in [0, 0.05) is 11.3 Å². The van der Waals surface area contributed by atoms with E-state index in [-0.39, 0.29) is 23.4 Å². The summed E-state index contributed by atoms with van der Waals surface area (Å²) in [7, 11) is 0. The monoisotopic (exact) mass is 558 g/mol. The highest BCUT2D eigenvalue weighted by molar-refractivity contribution is 6.37. The van der Waals surface area contributed by atoms with Crippen molar-refractivity contribution in [1.29, 1.82) is 0 Å². The Balaban J connectivity index is 1.45. The van der Waals surface area contributed by atoms with Crippen molar-refractivity contribution >= 4 is 35.2 Å². The maximum atomic E-state index is 13.4. The summed E-state index contributed by atoms with van der Waals surface area (Å²) in [6.07, 6.45) is 13.5. The van der Waals surface area contributed by atoms with Crippen LogP contribution < -0.4 is 5.32 Å². The molecule has 0 amide bonds. The third kappa shape index (κ3) is 5.68. The van der Waals surface area contributed by atoms with Crippen LogP contribution in [-0.2, 0) is 9.53 Å². The van der Waals surface area contributed by atoms with Crippen molar-refractivity contribution in [2.45, 2.75) is 96.5 Å². The lowest BCUT2D eigenvalue weighted by Gasteiger charge is -2.53. The Morgan fingerprint density at radius 2 is 1.92 bits per heavy atom. The van der Waals surface area contributed by atoms with Gasteiger partial charge in [-0.1, -0.05) is 74.0 Å². The molecule has 0 radical (unpaired) electrons. The molecule has 2 aliphatic carbocycles. The summed E-state index contributed by atoms with van der Waals surface area (Å²) in [6.45, 7) is 6.22. The lowest BCUT2D eigenvalue weighted by atomic mass is 9.58. The zero-order valence-corrected chi connectivity index (χ0v) is 24.2. The Kier molecular flexibility index (Phi) is 8.81. The summed E-state index contributed by atoms with van der Waals surface area (Å²) >= 11 is 13.2. The number of unbranched alkanes of at least 4 members (excludes halogenated alkanes) is 3. The van der Waals surface area contributed by atoms with E-state index in [0.717, 1.165) is 81.4 Å². The van der Waals surface area contributed by atoms with Crippen molar-refractivity contribution < 1.29 is 9.53 Å². The topological polar surface area (TPSA) is 69.0 Å². The molecule has 3 aliphatic rings.